The molecule has 1 aromatic rings. The van der Waals surface area contributed by atoms with Crippen LogP contribution < -0.4 is 5.32 Å². The van der Waals surface area contributed by atoms with Crippen LogP contribution in [-0.2, 0) is 16.0 Å². The van der Waals surface area contributed by atoms with Crippen molar-refractivity contribution < 1.29 is 9.53 Å². The second-order valence-corrected chi connectivity index (χ2v) is 7.48. The van der Waals surface area contributed by atoms with E-state index in [1.165, 1.54) is 5.56 Å². The van der Waals surface area contributed by atoms with Crippen molar-refractivity contribution >= 4 is 5.91 Å². The van der Waals surface area contributed by atoms with Crippen LogP contribution in [0.4, 0.5) is 0 Å². The number of rotatable bonds is 6. The van der Waals surface area contributed by atoms with Crippen LogP contribution in [0.2, 0.25) is 0 Å². The number of likely N-dealkylation sites (tertiary alicyclic amines) is 1. The topological polar surface area (TPSA) is 70.2 Å². The molecule has 0 bridgehead atoms. The number of aromatic amines is 1. The zero-order chi connectivity index (χ0) is 17.6. The molecule has 2 fully saturated rings. The zero-order valence-corrected chi connectivity index (χ0v) is 15.6. The Morgan fingerprint density at radius 3 is 2.84 bits per heavy atom. The molecule has 0 radical (unpaired) electrons. The Kier molecular flexibility index (Phi) is 6.48. The largest absolute Gasteiger partial charge is 0.381 e. The fourth-order valence-corrected chi connectivity index (χ4v) is 4.17. The maximum absolute atomic E-state index is 12.5. The molecule has 2 N–H and O–H groups in total. The second kappa shape index (κ2) is 8.81. The molecule has 3 heterocycles. The number of nitrogens with zero attached hydrogens (tertiary/aromatic N) is 2. The molecular formula is C19H32N4O2. The standard InChI is InChI=1S/C19H32N4O2/c1-14-18(15(2)22-21-14)6-3-9-20-19(24)16-5-4-10-23(13-16)17-7-11-25-12-8-17/h16-17H,3-13H2,1-2H3,(H,20,24)(H,21,22). The van der Waals surface area contributed by atoms with Crippen molar-refractivity contribution in [2.45, 2.75) is 58.4 Å². The molecule has 140 valence electrons. The van der Waals surface area contributed by atoms with Gasteiger partial charge in [0.2, 0.25) is 5.91 Å². The first kappa shape index (κ1) is 18.4. The molecular weight excluding hydrogens is 316 g/mol. The van der Waals surface area contributed by atoms with Gasteiger partial charge in [-0.2, -0.15) is 5.10 Å². The molecule has 2 saturated heterocycles. The summed E-state index contributed by atoms with van der Waals surface area (Å²) in [6, 6.07) is 0.608. The van der Waals surface area contributed by atoms with Crippen molar-refractivity contribution in [3.8, 4) is 0 Å². The Bertz CT molecular complexity index is 546. The fraction of sp³-hybridized carbons (Fsp3) is 0.789. The number of hydrogen-bond acceptors (Lipinski definition) is 4. The highest BCUT2D eigenvalue weighted by Gasteiger charge is 2.30. The molecule has 1 amide bonds. The number of piperidine rings is 1. The van der Waals surface area contributed by atoms with Crippen LogP contribution in [0.25, 0.3) is 0 Å². The minimum absolute atomic E-state index is 0.147. The van der Waals surface area contributed by atoms with Crippen molar-refractivity contribution in [3.05, 3.63) is 17.0 Å². The number of aromatic nitrogens is 2. The number of hydrogen-bond donors (Lipinski definition) is 2. The van der Waals surface area contributed by atoms with E-state index in [-0.39, 0.29) is 11.8 Å². The van der Waals surface area contributed by atoms with Gasteiger partial charge in [0.1, 0.15) is 0 Å². The van der Waals surface area contributed by atoms with E-state index in [2.05, 4.69) is 27.3 Å². The smallest absolute Gasteiger partial charge is 0.224 e. The van der Waals surface area contributed by atoms with E-state index in [0.29, 0.717) is 6.04 Å². The van der Waals surface area contributed by atoms with E-state index >= 15 is 0 Å². The predicted octanol–water partition coefficient (Wildman–Crippen LogP) is 1.97. The molecule has 0 saturated carbocycles. The Morgan fingerprint density at radius 1 is 1.32 bits per heavy atom. The van der Waals surface area contributed by atoms with Crippen LogP contribution in [-0.4, -0.2) is 59.9 Å². The molecule has 6 heteroatoms. The third kappa shape index (κ3) is 4.82. The monoisotopic (exact) mass is 348 g/mol. The van der Waals surface area contributed by atoms with Crippen molar-refractivity contribution in [1.29, 1.82) is 0 Å². The van der Waals surface area contributed by atoms with Crippen LogP contribution in [0.3, 0.4) is 0 Å². The first-order valence-corrected chi connectivity index (χ1v) is 9.75. The van der Waals surface area contributed by atoms with Crippen LogP contribution in [0.15, 0.2) is 0 Å². The molecule has 1 aromatic heterocycles. The summed E-state index contributed by atoms with van der Waals surface area (Å²) in [5, 5.41) is 10.4. The molecule has 0 spiro atoms. The maximum atomic E-state index is 12.5. The number of H-pyrrole nitrogens is 1. The average Bonchev–Trinajstić information content (AvgIpc) is 2.97. The van der Waals surface area contributed by atoms with Gasteiger partial charge >= 0.3 is 0 Å². The highest BCUT2D eigenvalue weighted by molar-refractivity contribution is 5.78. The summed E-state index contributed by atoms with van der Waals surface area (Å²) in [4.78, 5) is 15.1. The van der Waals surface area contributed by atoms with E-state index in [4.69, 9.17) is 4.74 Å². The van der Waals surface area contributed by atoms with Crippen molar-refractivity contribution in [1.82, 2.24) is 20.4 Å². The zero-order valence-electron chi connectivity index (χ0n) is 15.6. The van der Waals surface area contributed by atoms with Gasteiger partial charge in [0.25, 0.3) is 0 Å². The lowest BCUT2D eigenvalue weighted by Gasteiger charge is -2.39. The Balaban J connectivity index is 1.40. The number of carbonyl (C=O) groups excluding carboxylic acids is 1. The molecule has 3 rings (SSSR count). The number of aryl methyl sites for hydroxylation is 2. The Hall–Kier alpha value is -1.40. The van der Waals surface area contributed by atoms with Gasteiger partial charge in [-0.1, -0.05) is 0 Å². The number of ether oxygens (including phenoxy) is 1. The van der Waals surface area contributed by atoms with Gasteiger partial charge in [0.15, 0.2) is 0 Å². The molecule has 1 unspecified atom stereocenters. The van der Waals surface area contributed by atoms with Crippen LogP contribution in [0.1, 0.15) is 49.1 Å². The second-order valence-electron chi connectivity index (χ2n) is 7.48. The van der Waals surface area contributed by atoms with Crippen LogP contribution in [0, 0.1) is 19.8 Å². The Morgan fingerprint density at radius 2 is 2.12 bits per heavy atom. The molecule has 1 atom stereocenters. The number of carbonyl (C=O) groups is 1. The fourth-order valence-electron chi connectivity index (χ4n) is 4.17. The minimum Gasteiger partial charge on any atom is -0.381 e. The van der Waals surface area contributed by atoms with Crippen molar-refractivity contribution in [3.63, 3.8) is 0 Å². The lowest BCUT2D eigenvalue weighted by Crippen LogP contribution is -2.48. The highest BCUT2D eigenvalue weighted by atomic mass is 16.5. The molecule has 0 aromatic carbocycles. The number of nitrogens with one attached hydrogen (secondary N) is 2. The summed E-state index contributed by atoms with van der Waals surface area (Å²) >= 11 is 0. The normalized spacial score (nSPS) is 22.9. The summed E-state index contributed by atoms with van der Waals surface area (Å²) < 4.78 is 5.47. The van der Waals surface area contributed by atoms with E-state index in [0.717, 1.165) is 82.8 Å². The first-order chi connectivity index (χ1) is 12.1. The van der Waals surface area contributed by atoms with Crippen molar-refractivity contribution in [2.24, 2.45) is 5.92 Å². The summed E-state index contributed by atoms with van der Waals surface area (Å²) in [5.41, 5.74) is 3.50. The number of amides is 1. The summed E-state index contributed by atoms with van der Waals surface area (Å²) in [6.07, 6.45) is 6.29. The quantitative estimate of drug-likeness (QED) is 0.771. The van der Waals surface area contributed by atoms with E-state index in [1.54, 1.807) is 0 Å². The highest BCUT2D eigenvalue weighted by Crippen LogP contribution is 2.23. The lowest BCUT2D eigenvalue weighted by molar-refractivity contribution is -0.127. The molecule has 0 aliphatic carbocycles. The van der Waals surface area contributed by atoms with Crippen LogP contribution >= 0.6 is 0 Å². The van der Waals surface area contributed by atoms with Gasteiger partial charge in [-0.05, 0) is 64.5 Å². The SMILES string of the molecule is Cc1n[nH]c(C)c1CCCNC(=O)C1CCCN(C2CCOCC2)C1. The van der Waals surface area contributed by atoms with Gasteiger partial charge in [-0.3, -0.25) is 14.8 Å². The van der Waals surface area contributed by atoms with E-state index < -0.39 is 0 Å². The van der Waals surface area contributed by atoms with Gasteiger partial charge < -0.3 is 10.1 Å². The summed E-state index contributed by atoms with van der Waals surface area (Å²) in [7, 11) is 0. The third-order valence-electron chi connectivity index (χ3n) is 5.71. The van der Waals surface area contributed by atoms with Gasteiger partial charge in [0.05, 0.1) is 11.6 Å². The summed E-state index contributed by atoms with van der Waals surface area (Å²) in [6.45, 7) is 8.61. The van der Waals surface area contributed by atoms with E-state index in [1.807, 2.05) is 6.92 Å². The maximum Gasteiger partial charge on any atom is 0.224 e. The lowest BCUT2D eigenvalue weighted by atomic mass is 9.94. The predicted molar refractivity (Wildman–Crippen MR) is 97.5 cm³/mol. The molecule has 2 aliphatic heterocycles. The van der Waals surface area contributed by atoms with E-state index in [9.17, 15) is 4.79 Å². The minimum atomic E-state index is 0.147. The van der Waals surface area contributed by atoms with Gasteiger partial charge in [-0.15, -0.1) is 0 Å². The molecule has 2 aliphatic rings. The molecule has 25 heavy (non-hydrogen) atoms. The Labute approximate surface area is 150 Å². The third-order valence-corrected chi connectivity index (χ3v) is 5.71. The van der Waals surface area contributed by atoms with Crippen molar-refractivity contribution in [2.75, 3.05) is 32.8 Å². The average molecular weight is 348 g/mol. The van der Waals surface area contributed by atoms with Crippen LogP contribution in [0.5, 0.6) is 0 Å². The van der Waals surface area contributed by atoms with Gasteiger partial charge in [0, 0.05) is 38.0 Å². The first-order valence-electron chi connectivity index (χ1n) is 9.75. The van der Waals surface area contributed by atoms with Gasteiger partial charge in [-0.25, -0.2) is 0 Å². The molecule has 6 nitrogen and oxygen atoms in total. The summed E-state index contributed by atoms with van der Waals surface area (Å²) in [5.74, 6) is 0.381.